The van der Waals surface area contributed by atoms with Crippen molar-refractivity contribution in [1.82, 2.24) is 4.98 Å². The molecule has 5 nitrogen and oxygen atoms in total. The Kier molecular flexibility index (Phi) is 4.74. The third-order valence-electron chi connectivity index (χ3n) is 5.99. The van der Waals surface area contributed by atoms with Crippen molar-refractivity contribution in [3.8, 4) is 0 Å². The van der Waals surface area contributed by atoms with E-state index in [0.29, 0.717) is 0 Å². The van der Waals surface area contributed by atoms with Gasteiger partial charge in [0.2, 0.25) is 0 Å². The van der Waals surface area contributed by atoms with E-state index in [9.17, 15) is 9.59 Å². The fraction of sp³-hybridized carbons (Fsp3) is 0.250. The molecule has 29 heavy (non-hydrogen) atoms. The molecule has 1 N–H and O–H groups in total. The molecule has 5 heteroatoms. The minimum Gasteiger partial charge on any atom is -0.468 e. The lowest BCUT2D eigenvalue weighted by atomic mass is 9.59. The first-order valence-electron chi connectivity index (χ1n) is 9.53. The summed E-state index contributed by atoms with van der Waals surface area (Å²) >= 11 is 0. The highest BCUT2D eigenvalue weighted by atomic mass is 16.5. The molecule has 148 valence electrons. The number of allylic oxidation sites excluding steroid dienone is 1. The molecule has 0 unspecified atom stereocenters. The minimum atomic E-state index is -1.51. The second-order valence-corrected chi connectivity index (χ2v) is 7.34. The van der Waals surface area contributed by atoms with Crippen molar-refractivity contribution in [2.75, 3.05) is 14.2 Å². The van der Waals surface area contributed by atoms with Gasteiger partial charge in [-0.15, -0.1) is 6.58 Å². The number of fused-ring (bicyclic) bond motifs is 3. The van der Waals surface area contributed by atoms with Crippen molar-refractivity contribution in [2.24, 2.45) is 5.41 Å². The van der Waals surface area contributed by atoms with Gasteiger partial charge in [0.1, 0.15) is 0 Å². The summed E-state index contributed by atoms with van der Waals surface area (Å²) in [6, 6.07) is 17.5. The summed E-state index contributed by atoms with van der Waals surface area (Å²) < 4.78 is 10.4. The quantitative estimate of drug-likeness (QED) is 0.410. The van der Waals surface area contributed by atoms with E-state index >= 15 is 0 Å². The van der Waals surface area contributed by atoms with Crippen molar-refractivity contribution >= 4 is 22.8 Å². The Bertz CT molecular complexity index is 1070. The summed E-state index contributed by atoms with van der Waals surface area (Å²) in [6.45, 7) is 3.96. The molecule has 4 rings (SSSR count). The SMILES string of the molecule is C=C[C@H]1CC(C(=O)OC)(C(=O)OC)[C@H](c2ccccc2)c2c1[nH]c1ccccc21. The number of hydrogen-bond donors (Lipinski definition) is 1. The molecule has 2 atom stereocenters. The van der Waals surface area contributed by atoms with Gasteiger partial charge < -0.3 is 14.5 Å². The predicted molar refractivity (Wildman–Crippen MR) is 111 cm³/mol. The average molecular weight is 389 g/mol. The largest absolute Gasteiger partial charge is 0.468 e. The number of nitrogens with one attached hydrogen (secondary N) is 1. The maximum absolute atomic E-state index is 13.2. The normalized spacial score (nSPS) is 19.9. The van der Waals surface area contributed by atoms with E-state index in [1.165, 1.54) is 14.2 Å². The van der Waals surface area contributed by atoms with E-state index in [1.54, 1.807) is 6.08 Å². The number of esters is 2. The maximum atomic E-state index is 13.2. The lowest BCUT2D eigenvalue weighted by Gasteiger charge is -2.42. The molecule has 3 aromatic rings. The molecule has 0 bridgehead atoms. The molecule has 1 aliphatic carbocycles. The van der Waals surface area contributed by atoms with Crippen LogP contribution in [0.25, 0.3) is 10.9 Å². The molecular formula is C24H23NO4. The van der Waals surface area contributed by atoms with Gasteiger partial charge in [0.05, 0.1) is 14.2 Å². The van der Waals surface area contributed by atoms with Gasteiger partial charge in [-0.05, 0) is 23.6 Å². The minimum absolute atomic E-state index is 0.217. The van der Waals surface area contributed by atoms with Gasteiger partial charge in [0.25, 0.3) is 0 Å². The number of carbonyl (C=O) groups is 2. The maximum Gasteiger partial charge on any atom is 0.324 e. The van der Waals surface area contributed by atoms with Crippen molar-refractivity contribution in [2.45, 2.75) is 18.3 Å². The van der Waals surface area contributed by atoms with Gasteiger partial charge in [-0.25, -0.2) is 0 Å². The zero-order valence-electron chi connectivity index (χ0n) is 16.5. The van der Waals surface area contributed by atoms with Crippen LogP contribution >= 0.6 is 0 Å². The van der Waals surface area contributed by atoms with Crippen LogP contribution in [0.3, 0.4) is 0 Å². The lowest BCUT2D eigenvalue weighted by Crippen LogP contribution is -2.49. The number of H-pyrrole nitrogens is 1. The Balaban J connectivity index is 2.13. The van der Waals surface area contributed by atoms with Gasteiger partial charge in [0, 0.05) is 28.4 Å². The molecule has 1 heterocycles. The summed E-state index contributed by atoms with van der Waals surface area (Å²) in [7, 11) is 2.62. The van der Waals surface area contributed by atoms with E-state index in [0.717, 1.165) is 27.7 Å². The Labute approximate surface area is 169 Å². The Morgan fingerprint density at radius 3 is 2.28 bits per heavy atom. The number of para-hydroxylation sites is 1. The van der Waals surface area contributed by atoms with E-state index in [4.69, 9.17) is 9.47 Å². The summed E-state index contributed by atoms with van der Waals surface area (Å²) in [5.41, 5.74) is 2.19. The van der Waals surface area contributed by atoms with Gasteiger partial charge in [-0.2, -0.15) is 0 Å². The Morgan fingerprint density at radius 2 is 1.66 bits per heavy atom. The molecule has 1 aliphatic rings. The number of aromatic amines is 1. The highest BCUT2D eigenvalue weighted by Crippen LogP contribution is 2.56. The van der Waals surface area contributed by atoms with Crippen LogP contribution in [0.4, 0.5) is 0 Å². The molecule has 0 radical (unpaired) electrons. The Morgan fingerprint density at radius 1 is 1.03 bits per heavy atom. The van der Waals surface area contributed by atoms with Crippen LogP contribution in [0.5, 0.6) is 0 Å². The van der Waals surface area contributed by atoms with Crippen LogP contribution in [0.1, 0.15) is 35.1 Å². The molecule has 1 aromatic heterocycles. The van der Waals surface area contributed by atoms with Crippen molar-refractivity contribution < 1.29 is 19.1 Å². The highest BCUT2D eigenvalue weighted by molar-refractivity contribution is 6.04. The zero-order valence-corrected chi connectivity index (χ0v) is 16.5. The zero-order chi connectivity index (χ0) is 20.6. The smallest absolute Gasteiger partial charge is 0.324 e. The first-order valence-corrected chi connectivity index (χ1v) is 9.53. The van der Waals surface area contributed by atoms with Crippen LogP contribution in [0, 0.1) is 5.41 Å². The van der Waals surface area contributed by atoms with Crippen molar-refractivity contribution in [3.63, 3.8) is 0 Å². The molecule has 0 spiro atoms. The summed E-state index contributed by atoms with van der Waals surface area (Å²) in [5, 5.41) is 0.972. The average Bonchev–Trinajstić information content (AvgIpc) is 3.16. The van der Waals surface area contributed by atoms with E-state index in [-0.39, 0.29) is 12.3 Å². The third-order valence-corrected chi connectivity index (χ3v) is 5.99. The fourth-order valence-corrected chi connectivity index (χ4v) is 4.75. The number of carbonyl (C=O) groups excluding carboxylic acids is 2. The number of aromatic nitrogens is 1. The lowest BCUT2D eigenvalue weighted by molar-refractivity contribution is -0.171. The molecule has 0 saturated heterocycles. The number of rotatable bonds is 4. The van der Waals surface area contributed by atoms with Gasteiger partial charge in [0.15, 0.2) is 5.41 Å². The standard InChI is InChI=1S/C24H23NO4/c1-4-15-14-24(22(26)28-2,23(27)29-3)20(16-10-6-5-7-11-16)19-17-12-8-9-13-18(17)25-21(15)19/h4-13,15,20,25H,1,14H2,2-3H3/t15-,20+/m0/s1. The fourth-order valence-electron chi connectivity index (χ4n) is 4.75. The van der Waals surface area contributed by atoms with Crippen LogP contribution in [0.15, 0.2) is 67.3 Å². The van der Waals surface area contributed by atoms with Gasteiger partial charge >= 0.3 is 11.9 Å². The molecule has 0 aliphatic heterocycles. The molecule has 0 fully saturated rings. The summed E-state index contributed by atoms with van der Waals surface area (Å²) in [4.78, 5) is 30.0. The second kappa shape index (κ2) is 7.24. The molecule has 2 aromatic carbocycles. The van der Waals surface area contributed by atoms with E-state index < -0.39 is 23.3 Å². The summed E-state index contributed by atoms with van der Waals surface area (Å²) in [6.07, 6.45) is 1.99. The van der Waals surface area contributed by atoms with Gasteiger partial charge in [-0.3, -0.25) is 9.59 Å². The van der Waals surface area contributed by atoms with Gasteiger partial charge in [-0.1, -0.05) is 54.6 Å². The third kappa shape index (κ3) is 2.69. The monoisotopic (exact) mass is 389 g/mol. The number of ether oxygens (including phenoxy) is 2. The Hall–Kier alpha value is -3.34. The molecule has 0 saturated carbocycles. The molecule has 0 amide bonds. The number of benzene rings is 2. The van der Waals surface area contributed by atoms with Crippen molar-refractivity contribution in [3.05, 3.63) is 84.1 Å². The predicted octanol–water partition coefficient (Wildman–Crippen LogP) is 4.31. The highest BCUT2D eigenvalue weighted by Gasteiger charge is 2.60. The first kappa shape index (κ1) is 19.0. The molecular weight excluding hydrogens is 366 g/mol. The topological polar surface area (TPSA) is 68.4 Å². The van der Waals surface area contributed by atoms with E-state index in [1.807, 2.05) is 54.6 Å². The van der Waals surface area contributed by atoms with E-state index in [2.05, 4.69) is 11.6 Å². The van der Waals surface area contributed by atoms with Crippen LogP contribution < -0.4 is 0 Å². The second-order valence-electron chi connectivity index (χ2n) is 7.34. The van der Waals surface area contributed by atoms with Crippen molar-refractivity contribution in [1.29, 1.82) is 0 Å². The van der Waals surface area contributed by atoms with Crippen LogP contribution in [-0.4, -0.2) is 31.1 Å². The number of methoxy groups -OCH3 is 2. The first-order chi connectivity index (χ1) is 14.1. The van der Waals surface area contributed by atoms with Crippen LogP contribution in [-0.2, 0) is 19.1 Å². The van der Waals surface area contributed by atoms with Crippen LogP contribution in [0.2, 0.25) is 0 Å². The summed E-state index contributed by atoms with van der Waals surface area (Å²) in [5.74, 6) is -1.97. The number of hydrogen-bond acceptors (Lipinski definition) is 4.